The lowest BCUT2D eigenvalue weighted by Crippen LogP contribution is -2.34. The van der Waals surface area contributed by atoms with Crippen LogP contribution in [-0.4, -0.2) is 30.0 Å². The zero-order chi connectivity index (χ0) is 17.8. The molecule has 25 heavy (non-hydrogen) atoms. The van der Waals surface area contributed by atoms with Crippen LogP contribution in [0, 0.1) is 0 Å². The third-order valence-corrected chi connectivity index (χ3v) is 5.54. The number of amides is 1. The predicted molar refractivity (Wildman–Crippen MR) is 105 cm³/mol. The van der Waals surface area contributed by atoms with Gasteiger partial charge in [-0.15, -0.1) is 0 Å². The molecule has 2 aromatic carbocycles. The van der Waals surface area contributed by atoms with E-state index in [9.17, 15) is 4.79 Å². The summed E-state index contributed by atoms with van der Waals surface area (Å²) in [7, 11) is 1.61. The number of benzene rings is 2. The molecule has 6 heteroatoms. The molecule has 0 saturated heterocycles. The maximum atomic E-state index is 13.2. The number of carbonyl (C=O) groups excluding carboxylic acids is 1. The van der Waals surface area contributed by atoms with Crippen molar-refractivity contribution >= 4 is 40.1 Å². The molecular formula is C19H19ClN2O2S. The second-order valence-corrected chi connectivity index (χ2v) is 7.32. The minimum absolute atomic E-state index is 0.132. The van der Waals surface area contributed by atoms with Gasteiger partial charge in [-0.25, -0.2) is 0 Å². The summed E-state index contributed by atoms with van der Waals surface area (Å²) in [5.74, 6) is 0.565. The van der Waals surface area contributed by atoms with Crippen molar-refractivity contribution < 1.29 is 9.53 Å². The van der Waals surface area contributed by atoms with E-state index < -0.39 is 0 Å². The van der Waals surface area contributed by atoms with E-state index in [1.807, 2.05) is 24.3 Å². The van der Waals surface area contributed by atoms with Gasteiger partial charge in [-0.05, 0) is 42.8 Å². The number of carbonyl (C=O) groups is 1. The molecule has 1 heterocycles. The lowest BCUT2D eigenvalue weighted by molar-refractivity contribution is 0.100. The van der Waals surface area contributed by atoms with E-state index in [4.69, 9.17) is 16.3 Å². The first-order chi connectivity index (χ1) is 12.1. The number of nitrogens with zero attached hydrogens (tertiary/aromatic N) is 2. The number of methoxy groups -OCH3 is 1. The third kappa shape index (κ3) is 3.99. The maximum absolute atomic E-state index is 13.2. The Balaban J connectivity index is 1.99. The minimum Gasteiger partial charge on any atom is -0.497 e. The zero-order valence-electron chi connectivity index (χ0n) is 14.1. The summed E-state index contributed by atoms with van der Waals surface area (Å²) < 4.78 is 5.31. The molecule has 0 bridgehead atoms. The molecule has 2 aromatic rings. The van der Waals surface area contributed by atoms with Gasteiger partial charge < -0.3 is 4.74 Å². The molecule has 3 rings (SSSR count). The summed E-state index contributed by atoms with van der Waals surface area (Å²) in [6, 6.07) is 14.4. The second-order valence-electron chi connectivity index (χ2n) is 5.62. The molecule has 0 fully saturated rings. The van der Waals surface area contributed by atoms with Crippen molar-refractivity contribution in [2.45, 2.75) is 18.6 Å². The van der Waals surface area contributed by atoms with Crippen LogP contribution in [0.5, 0.6) is 5.75 Å². The Morgan fingerprint density at radius 3 is 2.72 bits per heavy atom. The molecular weight excluding hydrogens is 356 g/mol. The molecule has 1 aliphatic heterocycles. The van der Waals surface area contributed by atoms with E-state index in [1.54, 1.807) is 48.0 Å². The van der Waals surface area contributed by atoms with Crippen LogP contribution in [0.2, 0.25) is 5.02 Å². The summed E-state index contributed by atoms with van der Waals surface area (Å²) in [5.41, 5.74) is 1.30. The fourth-order valence-corrected chi connectivity index (χ4v) is 3.71. The number of amidine groups is 1. The van der Waals surface area contributed by atoms with Gasteiger partial charge in [-0.3, -0.25) is 14.7 Å². The number of hydrogen-bond donors (Lipinski definition) is 0. The molecule has 1 aliphatic rings. The molecule has 130 valence electrons. The number of hydrogen-bond acceptors (Lipinski definition) is 4. The summed E-state index contributed by atoms with van der Waals surface area (Å²) in [5, 5.41) is 1.73. The quantitative estimate of drug-likeness (QED) is 0.766. The first-order valence-corrected chi connectivity index (χ1v) is 9.33. The molecule has 4 nitrogen and oxygen atoms in total. The van der Waals surface area contributed by atoms with Crippen LogP contribution in [0.4, 0.5) is 5.69 Å². The lowest BCUT2D eigenvalue weighted by atomic mass is 10.2. The normalized spacial score (nSPS) is 16.4. The van der Waals surface area contributed by atoms with Gasteiger partial charge >= 0.3 is 0 Å². The Kier molecular flexibility index (Phi) is 5.66. The highest BCUT2D eigenvalue weighted by Crippen LogP contribution is 2.31. The Labute approximate surface area is 156 Å². The van der Waals surface area contributed by atoms with Crippen LogP contribution < -0.4 is 9.64 Å². The molecule has 0 N–H and O–H groups in total. The van der Waals surface area contributed by atoms with E-state index in [1.165, 1.54) is 0 Å². The van der Waals surface area contributed by atoms with Crippen molar-refractivity contribution in [1.82, 2.24) is 0 Å². The van der Waals surface area contributed by atoms with Gasteiger partial charge in [0.25, 0.3) is 5.91 Å². The molecule has 0 aliphatic carbocycles. The van der Waals surface area contributed by atoms with Crippen LogP contribution in [-0.2, 0) is 0 Å². The van der Waals surface area contributed by atoms with Gasteiger partial charge in [0.2, 0.25) is 0 Å². The van der Waals surface area contributed by atoms with Crippen molar-refractivity contribution in [3.8, 4) is 5.75 Å². The van der Waals surface area contributed by atoms with Crippen LogP contribution in [0.15, 0.2) is 53.5 Å². The van der Waals surface area contributed by atoms with Crippen LogP contribution in [0.1, 0.15) is 23.7 Å². The number of thioether (sulfide) groups is 1. The van der Waals surface area contributed by atoms with E-state index in [-0.39, 0.29) is 5.91 Å². The summed E-state index contributed by atoms with van der Waals surface area (Å²) in [6.45, 7) is 2.86. The fraction of sp³-hybridized carbons (Fsp3) is 0.263. The Bertz CT molecular complexity index is 792. The molecule has 1 atom stereocenters. The Hall–Kier alpha value is -1.98. The minimum atomic E-state index is -0.132. The van der Waals surface area contributed by atoms with Gasteiger partial charge in [-0.1, -0.05) is 36.4 Å². The van der Waals surface area contributed by atoms with Gasteiger partial charge in [0.1, 0.15) is 5.75 Å². The highest BCUT2D eigenvalue weighted by molar-refractivity contribution is 8.15. The van der Waals surface area contributed by atoms with E-state index in [2.05, 4.69) is 11.9 Å². The second kappa shape index (κ2) is 7.93. The van der Waals surface area contributed by atoms with Crippen molar-refractivity contribution in [2.75, 3.05) is 18.6 Å². The average molecular weight is 375 g/mol. The number of rotatable bonds is 4. The largest absolute Gasteiger partial charge is 0.497 e. The number of ether oxygens (including phenoxy) is 1. The standard InChI is InChI=1S/C19H19ClN2O2S/c1-3-17-12-21-19(25-17)22(15-5-4-6-16(11-15)24-2)18(23)13-7-9-14(20)10-8-13/h4-11,17H,3,12H2,1-2H3/t17-/m0/s1. The Morgan fingerprint density at radius 2 is 2.08 bits per heavy atom. The number of halogens is 1. The number of aliphatic imine (C=N–C) groups is 1. The molecule has 0 spiro atoms. The fourth-order valence-electron chi connectivity index (χ4n) is 2.53. The highest BCUT2D eigenvalue weighted by atomic mass is 35.5. The third-order valence-electron chi connectivity index (χ3n) is 3.95. The van der Waals surface area contributed by atoms with Crippen LogP contribution >= 0.6 is 23.4 Å². The highest BCUT2D eigenvalue weighted by Gasteiger charge is 2.29. The molecule has 0 radical (unpaired) electrons. The van der Waals surface area contributed by atoms with Crippen LogP contribution in [0.3, 0.4) is 0 Å². The van der Waals surface area contributed by atoms with Gasteiger partial charge in [-0.2, -0.15) is 0 Å². The molecule has 0 unspecified atom stereocenters. The SMILES string of the molecule is CC[C@H]1CN=C(N(C(=O)c2ccc(Cl)cc2)c2cccc(OC)c2)S1. The first-order valence-electron chi connectivity index (χ1n) is 8.07. The molecule has 1 amide bonds. The van der Waals surface area contributed by atoms with E-state index in [0.29, 0.717) is 21.6 Å². The van der Waals surface area contributed by atoms with Gasteiger partial charge in [0, 0.05) is 21.9 Å². The summed E-state index contributed by atoms with van der Waals surface area (Å²) in [4.78, 5) is 19.4. The topological polar surface area (TPSA) is 41.9 Å². The van der Waals surface area contributed by atoms with Crippen molar-refractivity contribution in [3.05, 3.63) is 59.1 Å². The van der Waals surface area contributed by atoms with Crippen molar-refractivity contribution in [2.24, 2.45) is 4.99 Å². The average Bonchev–Trinajstić information content (AvgIpc) is 3.11. The van der Waals surface area contributed by atoms with Gasteiger partial charge in [0.05, 0.1) is 19.3 Å². The Morgan fingerprint density at radius 1 is 1.32 bits per heavy atom. The van der Waals surface area contributed by atoms with Crippen molar-refractivity contribution in [3.63, 3.8) is 0 Å². The van der Waals surface area contributed by atoms with Gasteiger partial charge in [0.15, 0.2) is 5.17 Å². The monoisotopic (exact) mass is 374 g/mol. The smallest absolute Gasteiger partial charge is 0.264 e. The number of anilines is 1. The van der Waals surface area contributed by atoms with E-state index >= 15 is 0 Å². The molecule has 0 aromatic heterocycles. The lowest BCUT2D eigenvalue weighted by Gasteiger charge is -2.23. The van der Waals surface area contributed by atoms with E-state index in [0.717, 1.165) is 23.8 Å². The van der Waals surface area contributed by atoms with Crippen LogP contribution in [0.25, 0.3) is 0 Å². The summed E-state index contributed by atoms with van der Waals surface area (Å²) in [6.07, 6.45) is 1.01. The van der Waals surface area contributed by atoms with Crippen molar-refractivity contribution in [1.29, 1.82) is 0 Å². The zero-order valence-corrected chi connectivity index (χ0v) is 15.7. The molecule has 0 saturated carbocycles. The maximum Gasteiger partial charge on any atom is 0.264 e. The summed E-state index contributed by atoms with van der Waals surface area (Å²) >= 11 is 7.59. The first kappa shape index (κ1) is 17.8. The predicted octanol–water partition coefficient (Wildman–Crippen LogP) is 4.88.